The van der Waals surface area contributed by atoms with Crippen molar-refractivity contribution in [1.82, 2.24) is 0 Å². The molecule has 0 spiro atoms. The number of halogens is 4. The quantitative estimate of drug-likeness (QED) is 0.644. The van der Waals surface area contributed by atoms with Crippen molar-refractivity contribution in [2.45, 2.75) is 27.7 Å². The van der Waals surface area contributed by atoms with Crippen LogP contribution in [0.25, 0.3) is 0 Å². The van der Waals surface area contributed by atoms with E-state index in [9.17, 15) is 0 Å². The minimum absolute atomic E-state index is 0.844. The molecule has 0 amide bonds. The van der Waals surface area contributed by atoms with Crippen LogP contribution in [0, 0.1) is 0 Å². The topological polar surface area (TPSA) is 18.5 Å². The Bertz CT molecular complexity index is 85.1. The third kappa shape index (κ3) is 89.8. The van der Waals surface area contributed by atoms with E-state index in [2.05, 4.69) is 0 Å². The second-order valence-electron chi connectivity index (χ2n) is 1.91. The van der Waals surface area contributed by atoms with E-state index < -0.39 is 11.9 Å². The van der Waals surface area contributed by atoms with Crippen LogP contribution in [0.2, 0.25) is 0 Å². The van der Waals surface area contributed by atoms with Gasteiger partial charge in [0.05, 0.1) is 0 Å². The molecule has 0 aliphatic carbocycles. The van der Waals surface area contributed by atoms with Crippen LogP contribution in [0.4, 0.5) is 0 Å². The van der Waals surface area contributed by atoms with E-state index in [1.165, 1.54) is 0 Å². The summed E-state index contributed by atoms with van der Waals surface area (Å²) in [7, 11) is 20.1. The van der Waals surface area contributed by atoms with Crippen LogP contribution in [0.1, 0.15) is 27.7 Å². The zero-order valence-electron chi connectivity index (χ0n) is 9.57. The van der Waals surface area contributed by atoms with Gasteiger partial charge in [0.2, 0.25) is 0 Å². The number of rotatable bonds is 4. The SMILES string of the molecule is CCOCC.CCOCC.[Cl][Mo]([Cl])([Cl])[Cl]. The van der Waals surface area contributed by atoms with E-state index in [1.807, 2.05) is 27.7 Å². The third-order valence-corrected chi connectivity index (χ3v) is 0.816. The molecule has 0 N–H and O–H groups in total. The van der Waals surface area contributed by atoms with Gasteiger partial charge in [-0.2, -0.15) is 0 Å². The van der Waals surface area contributed by atoms with Crippen molar-refractivity contribution in [2.75, 3.05) is 26.4 Å². The predicted octanol–water partition coefficient (Wildman–Crippen LogP) is 4.84. The van der Waals surface area contributed by atoms with Crippen LogP contribution < -0.4 is 0 Å². The number of ether oxygens (including phenoxy) is 2. The summed E-state index contributed by atoms with van der Waals surface area (Å²) in [4.78, 5) is 0. The van der Waals surface area contributed by atoms with E-state index in [0.717, 1.165) is 26.4 Å². The summed E-state index contributed by atoms with van der Waals surface area (Å²) in [6, 6.07) is 0. The molecule has 2 nitrogen and oxygen atoms in total. The first-order valence-electron chi connectivity index (χ1n) is 4.60. The maximum absolute atomic E-state index is 5.02. The molecule has 98 valence electrons. The molecule has 0 heterocycles. The van der Waals surface area contributed by atoms with Gasteiger partial charge in [0.15, 0.2) is 0 Å². The molecule has 7 heteroatoms. The predicted molar refractivity (Wildman–Crippen MR) is 67.7 cm³/mol. The molecular formula is C8H20Cl4MoO2. The van der Waals surface area contributed by atoms with Crippen molar-refractivity contribution < 1.29 is 21.4 Å². The van der Waals surface area contributed by atoms with Crippen LogP contribution in [-0.2, 0) is 21.4 Å². The Morgan fingerprint density at radius 3 is 0.800 bits per heavy atom. The first kappa shape index (κ1) is 22.0. The van der Waals surface area contributed by atoms with Crippen molar-refractivity contribution in [3.05, 3.63) is 0 Å². The van der Waals surface area contributed by atoms with Gasteiger partial charge in [0.1, 0.15) is 0 Å². The van der Waals surface area contributed by atoms with Gasteiger partial charge < -0.3 is 9.47 Å². The average Bonchev–Trinajstić information content (AvgIpc) is 2.05. The van der Waals surface area contributed by atoms with Gasteiger partial charge in [-0.25, -0.2) is 0 Å². The molecule has 0 aliphatic heterocycles. The summed E-state index contributed by atoms with van der Waals surface area (Å²) >= 11 is -3.13. The van der Waals surface area contributed by atoms with Gasteiger partial charge >= 0.3 is 49.6 Å². The molecule has 0 rings (SSSR count). The summed E-state index contributed by atoms with van der Waals surface area (Å²) in [5, 5.41) is 0. The van der Waals surface area contributed by atoms with Gasteiger partial charge in [-0.05, 0) is 27.7 Å². The Labute approximate surface area is 112 Å². The monoisotopic (exact) mass is 386 g/mol. The van der Waals surface area contributed by atoms with E-state index in [4.69, 9.17) is 47.1 Å². The van der Waals surface area contributed by atoms with Crippen LogP contribution in [0.5, 0.6) is 0 Å². The zero-order chi connectivity index (χ0) is 12.7. The van der Waals surface area contributed by atoms with Crippen LogP contribution in [0.3, 0.4) is 0 Å². The van der Waals surface area contributed by atoms with Gasteiger partial charge in [-0.3, -0.25) is 0 Å². The van der Waals surface area contributed by atoms with Gasteiger partial charge in [-0.1, -0.05) is 0 Å². The van der Waals surface area contributed by atoms with Crippen molar-refractivity contribution >= 4 is 37.7 Å². The first-order valence-corrected chi connectivity index (χ1v) is 14.9. The summed E-state index contributed by atoms with van der Waals surface area (Å²) in [6.45, 7) is 11.3. The Hall–Kier alpha value is 1.77. The second-order valence-corrected chi connectivity index (χ2v) is 20.2. The molecule has 0 saturated carbocycles. The Balaban J connectivity index is -0.000000144. The minimum atomic E-state index is -3.13. The van der Waals surface area contributed by atoms with E-state index in [0.29, 0.717) is 0 Å². The molecule has 0 aromatic carbocycles. The molecule has 0 aliphatic rings. The second kappa shape index (κ2) is 18.1. The van der Waals surface area contributed by atoms with Crippen molar-refractivity contribution in [3.63, 3.8) is 0 Å². The molecule has 0 aromatic heterocycles. The summed E-state index contributed by atoms with van der Waals surface area (Å²) in [6.07, 6.45) is 0. The van der Waals surface area contributed by atoms with Crippen LogP contribution in [-0.4, -0.2) is 26.4 Å². The van der Waals surface area contributed by atoms with E-state index >= 15 is 0 Å². The summed E-state index contributed by atoms with van der Waals surface area (Å²) in [5.41, 5.74) is 0. The van der Waals surface area contributed by atoms with Crippen LogP contribution >= 0.6 is 37.7 Å². The molecule has 15 heavy (non-hydrogen) atoms. The fraction of sp³-hybridized carbons (Fsp3) is 1.00. The molecule has 0 unspecified atom stereocenters. The summed E-state index contributed by atoms with van der Waals surface area (Å²) in [5.74, 6) is 0. The fourth-order valence-electron chi connectivity index (χ4n) is 0.408. The van der Waals surface area contributed by atoms with E-state index in [-0.39, 0.29) is 0 Å². The van der Waals surface area contributed by atoms with Crippen molar-refractivity contribution in [2.24, 2.45) is 0 Å². The van der Waals surface area contributed by atoms with Gasteiger partial charge in [0.25, 0.3) is 0 Å². The molecular weight excluding hydrogens is 366 g/mol. The Kier molecular flexibility index (Phi) is 26.6. The first-order chi connectivity index (χ1) is 6.83. The standard InChI is InChI=1S/2C4H10O.4ClH.Mo/c2*1-3-5-4-2;;;;;/h2*3-4H2,1-2H3;4*1H;/q;;;;;;+4/p-4. The molecule has 0 aromatic rings. The maximum atomic E-state index is 5.02. The molecule has 0 atom stereocenters. The fourth-order valence-corrected chi connectivity index (χ4v) is 0.408. The van der Waals surface area contributed by atoms with Gasteiger partial charge in [0, 0.05) is 26.4 Å². The molecule has 0 radical (unpaired) electrons. The molecule has 0 fully saturated rings. The summed E-state index contributed by atoms with van der Waals surface area (Å²) < 4.78 is 9.67. The average molecular weight is 386 g/mol. The Morgan fingerprint density at radius 2 is 0.800 bits per heavy atom. The zero-order valence-corrected chi connectivity index (χ0v) is 14.6. The van der Waals surface area contributed by atoms with Crippen molar-refractivity contribution in [3.8, 4) is 0 Å². The third-order valence-electron chi connectivity index (χ3n) is 0.816. The van der Waals surface area contributed by atoms with Crippen molar-refractivity contribution in [1.29, 1.82) is 0 Å². The molecule has 0 bridgehead atoms. The molecule has 0 saturated heterocycles. The van der Waals surface area contributed by atoms with Gasteiger partial charge in [-0.15, -0.1) is 0 Å². The Morgan fingerprint density at radius 1 is 0.667 bits per heavy atom. The normalized spacial score (nSPS) is 10.7. The number of hydrogen-bond donors (Lipinski definition) is 0. The number of hydrogen-bond acceptors (Lipinski definition) is 2. The van der Waals surface area contributed by atoms with Crippen LogP contribution in [0.15, 0.2) is 0 Å². The van der Waals surface area contributed by atoms with E-state index in [1.54, 1.807) is 0 Å².